The standard InChI is InChI=1S/C53H40N4/c1-52(2)44-31-30-42-41-20-12-13-21-45(41)57(48(42)46(44)43-29-26-34-15-10-11-19-40(34)47(43)53(52,3)4)39-27-24-36(25-28-39)50-54-49(35-16-6-5-7-17-35)55-51(56-50)38-23-22-33-14-8-9-18-37(33)32-38/h5-32H,1-4H3. The molecule has 1 aliphatic carbocycles. The van der Waals surface area contributed by atoms with Crippen LogP contribution in [0.1, 0.15) is 38.8 Å². The van der Waals surface area contributed by atoms with Crippen molar-refractivity contribution in [2.24, 2.45) is 0 Å². The van der Waals surface area contributed by atoms with Gasteiger partial charge in [-0.3, -0.25) is 0 Å². The van der Waals surface area contributed by atoms with Crippen LogP contribution in [-0.4, -0.2) is 19.5 Å². The van der Waals surface area contributed by atoms with E-state index in [4.69, 9.17) is 15.0 Å². The molecule has 0 N–H and O–H groups in total. The topological polar surface area (TPSA) is 43.6 Å². The number of rotatable bonds is 4. The summed E-state index contributed by atoms with van der Waals surface area (Å²) >= 11 is 0. The van der Waals surface area contributed by atoms with Crippen LogP contribution < -0.4 is 0 Å². The Labute approximate surface area is 332 Å². The molecule has 4 heteroatoms. The minimum absolute atomic E-state index is 0.114. The maximum atomic E-state index is 5.11. The zero-order valence-electron chi connectivity index (χ0n) is 32.5. The van der Waals surface area contributed by atoms with E-state index in [0.717, 1.165) is 27.8 Å². The number of fused-ring (bicyclic) bond motifs is 10. The summed E-state index contributed by atoms with van der Waals surface area (Å²) in [6.07, 6.45) is 0. The Bertz CT molecular complexity index is 3230. The van der Waals surface area contributed by atoms with E-state index >= 15 is 0 Å². The van der Waals surface area contributed by atoms with Crippen molar-refractivity contribution in [2.75, 3.05) is 0 Å². The highest BCUT2D eigenvalue weighted by atomic mass is 15.0. The molecule has 11 rings (SSSR count). The molecule has 57 heavy (non-hydrogen) atoms. The van der Waals surface area contributed by atoms with Gasteiger partial charge in [0.15, 0.2) is 17.5 Å². The molecular formula is C53H40N4. The molecule has 0 bridgehead atoms. The number of aromatic nitrogens is 4. The Kier molecular flexibility index (Phi) is 7.21. The third-order valence-corrected chi connectivity index (χ3v) is 13.0. The molecule has 0 aliphatic heterocycles. The van der Waals surface area contributed by atoms with E-state index < -0.39 is 0 Å². The van der Waals surface area contributed by atoms with Gasteiger partial charge in [0.2, 0.25) is 0 Å². The highest BCUT2D eigenvalue weighted by Gasteiger charge is 2.47. The van der Waals surface area contributed by atoms with Crippen LogP contribution in [0.2, 0.25) is 0 Å². The molecule has 0 atom stereocenters. The third-order valence-electron chi connectivity index (χ3n) is 13.0. The summed E-state index contributed by atoms with van der Waals surface area (Å²) in [5.74, 6) is 1.95. The van der Waals surface area contributed by atoms with Crippen LogP contribution in [0.5, 0.6) is 0 Å². The number of nitrogens with zero attached hydrogens (tertiary/aromatic N) is 4. The van der Waals surface area contributed by atoms with Gasteiger partial charge in [-0.2, -0.15) is 0 Å². The third kappa shape index (κ3) is 4.96. The first-order chi connectivity index (χ1) is 27.8. The Morgan fingerprint density at radius 3 is 1.75 bits per heavy atom. The van der Waals surface area contributed by atoms with Gasteiger partial charge in [-0.05, 0) is 80.0 Å². The summed E-state index contributed by atoms with van der Waals surface area (Å²) in [5, 5.41) is 7.45. The van der Waals surface area contributed by atoms with Crippen LogP contribution >= 0.6 is 0 Å². The number of para-hydroxylation sites is 1. The molecule has 0 amide bonds. The quantitative estimate of drug-likeness (QED) is 0.181. The maximum absolute atomic E-state index is 5.11. The fraction of sp³-hybridized carbons (Fsp3) is 0.113. The van der Waals surface area contributed by atoms with E-state index in [2.05, 4.69) is 184 Å². The van der Waals surface area contributed by atoms with E-state index in [0.29, 0.717) is 17.5 Å². The molecule has 1 aliphatic rings. The Morgan fingerprint density at radius 2 is 1.00 bits per heavy atom. The molecule has 0 radical (unpaired) electrons. The van der Waals surface area contributed by atoms with Crippen LogP contribution in [0, 0.1) is 0 Å². The van der Waals surface area contributed by atoms with Gasteiger partial charge in [-0.1, -0.05) is 161 Å². The Morgan fingerprint density at radius 1 is 0.421 bits per heavy atom. The van der Waals surface area contributed by atoms with Crippen molar-refractivity contribution in [3.05, 3.63) is 181 Å². The van der Waals surface area contributed by atoms with Crippen molar-refractivity contribution in [3.63, 3.8) is 0 Å². The zero-order valence-corrected chi connectivity index (χ0v) is 32.5. The predicted molar refractivity (Wildman–Crippen MR) is 237 cm³/mol. The number of hydrogen-bond acceptors (Lipinski definition) is 3. The smallest absolute Gasteiger partial charge is 0.164 e. The normalized spacial score (nSPS) is 14.2. The summed E-state index contributed by atoms with van der Waals surface area (Å²) in [7, 11) is 0. The van der Waals surface area contributed by atoms with Gasteiger partial charge in [-0.15, -0.1) is 0 Å². The number of hydrogen-bond donors (Lipinski definition) is 0. The van der Waals surface area contributed by atoms with E-state index in [1.165, 1.54) is 60.2 Å². The molecule has 272 valence electrons. The first-order valence-electron chi connectivity index (χ1n) is 19.8. The van der Waals surface area contributed by atoms with Crippen molar-refractivity contribution in [2.45, 2.75) is 38.5 Å². The molecule has 4 nitrogen and oxygen atoms in total. The van der Waals surface area contributed by atoms with E-state index in [9.17, 15) is 0 Å². The summed E-state index contributed by atoms with van der Waals surface area (Å²) in [4.78, 5) is 15.2. The van der Waals surface area contributed by atoms with Crippen LogP contribution in [-0.2, 0) is 10.8 Å². The van der Waals surface area contributed by atoms with Gasteiger partial charge in [0.05, 0.1) is 11.0 Å². The summed E-state index contributed by atoms with van der Waals surface area (Å²) < 4.78 is 2.48. The fourth-order valence-electron chi connectivity index (χ4n) is 9.36. The largest absolute Gasteiger partial charge is 0.309 e. The van der Waals surface area contributed by atoms with Crippen LogP contribution in [0.4, 0.5) is 0 Å². The van der Waals surface area contributed by atoms with Crippen molar-refractivity contribution in [1.82, 2.24) is 19.5 Å². The van der Waals surface area contributed by atoms with Crippen LogP contribution in [0.3, 0.4) is 0 Å². The van der Waals surface area contributed by atoms with Gasteiger partial charge in [0.25, 0.3) is 0 Å². The number of benzene rings is 8. The van der Waals surface area contributed by atoms with Gasteiger partial charge in [0, 0.05) is 44.1 Å². The van der Waals surface area contributed by atoms with E-state index in [1.54, 1.807) is 0 Å². The Hall–Kier alpha value is -6.91. The molecule has 0 spiro atoms. The fourth-order valence-corrected chi connectivity index (χ4v) is 9.36. The molecule has 0 fully saturated rings. The first-order valence-corrected chi connectivity index (χ1v) is 19.8. The predicted octanol–water partition coefficient (Wildman–Crippen LogP) is 13.5. The average Bonchev–Trinajstić information content (AvgIpc) is 3.60. The minimum atomic E-state index is -0.142. The summed E-state index contributed by atoms with van der Waals surface area (Å²) in [6.45, 7) is 9.70. The first kappa shape index (κ1) is 33.4. The second-order valence-electron chi connectivity index (χ2n) is 16.5. The lowest BCUT2D eigenvalue weighted by Gasteiger charge is -2.49. The van der Waals surface area contributed by atoms with Crippen LogP contribution in [0.15, 0.2) is 170 Å². The lowest BCUT2D eigenvalue weighted by atomic mass is 9.54. The molecule has 0 unspecified atom stereocenters. The van der Waals surface area contributed by atoms with Gasteiger partial charge >= 0.3 is 0 Å². The molecule has 0 saturated heterocycles. The summed E-state index contributed by atoms with van der Waals surface area (Å²) in [6, 6.07) is 60.9. The van der Waals surface area contributed by atoms with Crippen molar-refractivity contribution in [3.8, 4) is 51.0 Å². The summed E-state index contributed by atoms with van der Waals surface area (Å²) in [5.41, 5.74) is 11.5. The Balaban J connectivity index is 1.12. The average molecular weight is 733 g/mol. The monoisotopic (exact) mass is 732 g/mol. The minimum Gasteiger partial charge on any atom is -0.309 e. The van der Waals surface area contributed by atoms with Crippen molar-refractivity contribution >= 4 is 43.4 Å². The highest BCUT2D eigenvalue weighted by Crippen LogP contribution is 2.58. The zero-order chi connectivity index (χ0) is 38.5. The second kappa shape index (κ2) is 12.3. The second-order valence-corrected chi connectivity index (χ2v) is 16.5. The van der Waals surface area contributed by atoms with E-state index in [1.807, 2.05) is 18.2 Å². The van der Waals surface area contributed by atoms with Gasteiger partial charge < -0.3 is 4.57 Å². The molecule has 0 saturated carbocycles. The lowest BCUT2D eigenvalue weighted by molar-refractivity contribution is 0.301. The van der Waals surface area contributed by atoms with Gasteiger partial charge in [0.1, 0.15) is 0 Å². The van der Waals surface area contributed by atoms with Gasteiger partial charge in [-0.25, -0.2) is 15.0 Å². The molecular weight excluding hydrogens is 693 g/mol. The van der Waals surface area contributed by atoms with Crippen LogP contribution in [0.25, 0.3) is 94.3 Å². The SMILES string of the molecule is CC1(C)c2ccc3c4ccccc4n(-c4ccc(-c5nc(-c6ccccc6)nc(-c6ccc7ccccc7c6)n5)cc4)c3c2-c2ccc3ccccc3c2C1(C)C. The molecule has 2 heterocycles. The van der Waals surface area contributed by atoms with E-state index in [-0.39, 0.29) is 10.8 Å². The van der Waals surface area contributed by atoms with Crippen molar-refractivity contribution in [1.29, 1.82) is 0 Å². The van der Waals surface area contributed by atoms with Crippen molar-refractivity contribution < 1.29 is 0 Å². The highest BCUT2D eigenvalue weighted by molar-refractivity contribution is 6.16. The molecule has 2 aromatic heterocycles. The maximum Gasteiger partial charge on any atom is 0.164 e. The molecule has 8 aromatic carbocycles. The molecule has 10 aromatic rings. The lowest BCUT2D eigenvalue weighted by Crippen LogP contribution is -2.43.